The van der Waals surface area contributed by atoms with Gasteiger partial charge in [-0.15, -0.1) is 0 Å². The van der Waals surface area contributed by atoms with E-state index in [0.717, 1.165) is 46.2 Å². The van der Waals surface area contributed by atoms with E-state index in [1.807, 2.05) is 24.3 Å². The Labute approximate surface area is 186 Å². The number of hydrogen-bond acceptors (Lipinski definition) is 4. The normalized spacial score (nSPS) is 12.2. The second-order valence-corrected chi connectivity index (χ2v) is 7.97. The van der Waals surface area contributed by atoms with Gasteiger partial charge in [0.15, 0.2) is 0 Å². The number of fused-ring (bicyclic) bond motifs is 2. The molecule has 0 spiro atoms. The smallest absolute Gasteiger partial charge is 0.116 e. The average molecular weight is 421 g/mol. The van der Waals surface area contributed by atoms with Gasteiger partial charge in [0.05, 0.1) is 22.8 Å². The summed E-state index contributed by atoms with van der Waals surface area (Å²) in [4.78, 5) is 3.47. The molecule has 0 aliphatic rings. The first-order valence-electron chi connectivity index (χ1n) is 10.7. The fraction of sp³-hybridized carbons (Fsp3) is 0.154. The minimum absolute atomic E-state index is 0.229. The molecule has 2 heterocycles. The van der Waals surface area contributed by atoms with E-state index in [4.69, 9.17) is 11.0 Å². The highest BCUT2D eigenvalue weighted by Crippen LogP contribution is 2.29. The number of nitriles is 1. The van der Waals surface area contributed by atoms with Crippen molar-refractivity contribution in [2.45, 2.75) is 19.0 Å². The fourth-order valence-electron chi connectivity index (χ4n) is 4.19. The Kier molecular flexibility index (Phi) is 5.42. The predicted octanol–water partition coefficient (Wildman–Crippen LogP) is 4.76. The molecule has 0 radical (unpaired) electrons. The highest BCUT2D eigenvalue weighted by Gasteiger charge is 2.13. The van der Waals surface area contributed by atoms with Crippen LogP contribution in [0.4, 0.5) is 0 Å². The number of H-pyrrole nitrogens is 2. The van der Waals surface area contributed by atoms with Crippen LogP contribution < -0.4 is 11.1 Å². The molecule has 32 heavy (non-hydrogen) atoms. The number of benzene rings is 3. The van der Waals surface area contributed by atoms with Crippen molar-refractivity contribution in [1.29, 1.82) is 5.26 Å². The van der Waals surface area contributed by atoms with E-state index in [1.165, 1.54) is 11.1 Å². The maximum atomic E-state index is 9.11. The Hall–Kier alpha value is -3.92. The zero-order chi connectivity index (χ0) is 21.9. The summed E-state index contributed by atoms with van der Waals surface area (Å²) in [7, 11) is 0. The lowest BCUT2D eigenvalue weighted by Gasteiger charge is -2.18. The molecule has 0 amide bonds. The molecule has 0 bridgehead atoms. The minimum Gasteiger partial charge on any atom is -0.353 e. The van der Waals surface area contributed by atoms with E-state index in [-0.39, 0.29) is 6.04 Å². The van der Waals surface area contributed by atoms with Gasteiger partial charge in [0.1, 0.15) is 5.69 Å². The monoisotopic (exact) mass is 420 g/mol. The summed E-state index contributed by atoms with van der Waals surface area (Å²) in [6, 6.07) is 27.0. The van der Waals surface area contributed by atoms with Crippen LogP contribution in [0.25, 0.3) is 33.2 Å². The van der Waals surface area contributed by atoms with Crippen molar-refractivity contribution in [1.82, 2.24) is 20.5 Å². The average Bonchev–Trinajstić information content (AvgIpc) is 3.45. The third-order valence-corrected chi connectivity index (χ3v) is 5.84. The van der Waals surface area contributed by atoms with Crippen molar-refractivity contribution >= 4 is 21.8 Å². The number of aromatic amines is 2. The van der Waals surface area contributed by atoms with Crippen LogP contribution in [0.1, 0.15) is 29.2 Å². The Morgan fingerprint density at radius 3 is 2.69 bits per heavy atom. The molecule has 3 aromatic carbocycles. The summed E-state index contributed by atoms with van der Waals surface area (Å²) in [6.45, 7) is 1.40. The highest BCUT2D eigenvalue weighted by molar-refractivity contribution is 5.96. The SMILES string of the molecule is N#Cc1ccc2c(-c3cc4cc(CNC(CCN)c5ccccc5)ccc4[nH]3)n[nH]c2c1. The molecule has 0 aliphatic carbocycles. The molecule has 5 rings (SSSR count). The maximum Gasteiger partial charge on any atom is 0.116 e. The first-order valence-corrected chi connectivity index (χ1v) is 10.7. The summed E-state index contributed by atoms with van der Waals surface area (Å²) in [5, 5.41) is 22.4. The zero-order valence-electron chi connectivity index (χ0n) is 17.6. The van der Waals surface area contributed by atoms with E-state index >= 15 is 0 Å². The van der Waals surface area contributed by atoms with Gasteiger partial charge in [0.2, 0.25) is 0 Å². The largest absolute Gasteiger partial charge is 0.353 e. The number of rotatable bonds is 7. The maximum absolute atomic E-state index is 9.11. The number of hydrogen-bond donors (Lipinski definition) is 4. The van der Waals surface area contributed by atoms with Gasteiger partial charge in [-0.05, 0) is 60.5 Å². The van der Waals surface area contributed by atoms with Gasteiger partial charge in [0.25, 0.3) is 0 Å². The van der Waals surface area contributed by atoms with Crippen LogP contribution >= 0.6 is 0 Å². The molecule has 6 heteroatoms. The molecule has 1 atom stereocenters. The van der Waals surface area contributed by atoms with Crippen LogP contribution in [0.2, 0.25) is 0 Å². The molecular formula is C26H24N6. The van der Waals surface area contributed by atoms with Crippen molar-refractivity contribution < 1.29 is 0 Å². The van der Waals surface area contributed by atoms with Crippen molar-refractivity contribution in [3.8, 4) is 17.5 Å². The molecule has 0 saturated carbocycles. The van der Waals surface area contributed by atoms with Gasteiger partial charge in [-0.1, -0.05) is 36.4 Å². The summed E-state index contributed by atoms with van der Waals surface area (Å²) in [6.07, 6.45) is 0.889. The van der Waals surface area contributed by atoms with E-state index in [0.29, 0.717) is 12.1 Å². The van der Waals surface area contributed by atoms with Crippen molar-refractivity contribution in [2.24, 2.45) is 5.73 Å². The Balaban J connectivity index is 1.39. The van der Waals surface area contributed by atoms with E-state index in [2.05, 4.69) is 75.1 Å². The van der Waals surface area contributed by atoms with E-state index < -0.39 is 0 Å². The third-order valence-electron chi connectivity index (χ3n) is 5.84. The molecule has 5 N–H and O–H groups in total. The standard InChI is InChI=1S/C26H24N6/c27-11-10-22(19-4-2-1-3-5-19)29-16-18-7-9-23-20(12-18)14-25(30-23)26-21-8-6-17(15-28)13-24(21)31-32-26/h1-9,12-14,22,29-30H,10-11,16,27H2,(H,31,32). The lowest BCUT2D eigenvalue weighted by Crippen LogP contribution is -2.23. The molecule has 6 nitrogen and oxygen atoms in total. The molecule has 0 fully saturated rings. The number of nitrogens with zero attached hydrogens (tertiary/aromatic N) is 2. The molecular weight excluding hydrogens is 396 g/mol. The molecule has 0 saturated heterocycles. The summed E-state index contributed by atoms with van der Waals surface area (Å²) in [5.74, 6) is 0. The van der Waals surface area contributed by atoms with Crippen LogP contribution in [0, 0.1) is 11.3 Å². The number of nitrogens with two attached hydrogens (primary N) is 1. The molecule has 5 aromatic rings. The first kappa shape index (κ1) is 20.0. The van der Waals surface area contributed by atoms with Crippen molar-refractivity contribution in [3.63, 3.8) is 0 Å². The second kappa shape index (κ2) is 8.67. The van der Waals surface area contributed by atoms with Crippen molar-refractivity contribution in [2.75, 3.05) is 6.54 Å². The zero-order valence-corrected chi connectivity index (χ0v) is 17.6. The highest BCUT2D eigenvalue weighted by atomic mass is 15.1. The van der Waals surface area contributed by atoms with Gasteiger partial charge in [-0.3, -0.25) is 5.10 Å². The predicted molar refractivity (Wildman–Crippen MR) is 128 cm³/mol. The van der Waals surface area contributed by atoms with Crippen molar-refractivity contribution in [3.05, 3.63) is 89.5 Å². The molecule has 2 aromatic heterocycles. The van der Waals surface area contributed by atoms with Gasteiger partial charge in [-0.2, -0.15) is 10.4 Å². The quantitative estimate of drug-likeness (QED) is 0.304. The van der Waals surface area contributed by atoms with Gasteiger partial charge in [-0.25, -0.2) is 0 Å². The number of aromatic nitrogens is 3. The van der Waals surface area contributed by atoms with Gasteiger partial charge in [0, 0.05) is 28.9 Å². The van der Waals surface area contributed by atoms with Crippen LogP contribution in [-0.2, 0) is 6.54 Å². The lowest BCUT2D eigenvalue weighted by molar-refractivity contribution is 0.505. The second-order valence-electron chi connectivity index (χ2n) is 7.97. The van der Waals surface area contributed by atoms with E-state index in [1.54, 1.807) is 0 Å². The van der Waals surface area contributed by atoms with Crippen LogP contribution in [0.3, 0.4) is 0 Å². The Morgan fingerprint density at radius 2 is 1.88 bits per heavy atom. The molecule has 1 unspecified atom stereocenters. The van der Waals surface area contributed by atoms with E-state index in [9.17, 15) is 0 Å². The first-order chi connectivity index (χ1) is 15.7. The Morgan fingerprint density at radius 1 is 1.00 bits per heavy atom. The molecule has 0 aliphatic heterocycles. The third kappa shape index (κ3) is 3.87. The topological polar surface area (TPSA) is 106 Å². The Bertz CT molecular complexity index is 1410. The van der Waals surface area contributed by atoms with Gasteiger partial charge >= 0.3 is 0 Å². The minimum atomic E-state index is 0.229. The van der Waals surface area contributed by atoms with Crippen LogP contribution in [-0.4, -0.2) is 21.7 Å². The van der Waals surface area contributed by atoms with Crippen LogP contribution in [0.15, 0.2) is 72.8 Å². The number of nitrogens with one attached hydrogen (secondary N) is 3. The van der Waals surface area contributed by atoms with Crippen LogP contribution in [0.5, 0.6) is 0 Å². The molecule has 158 valence electrons. The summed E-state index contributed by atoms with van der Waals surface area (Å²) in [5.41, 5.74) is 12.7. The lowest BCUT2D eigenvalue weighted by atomic mass is 10.0. The summed E-state index contributed by atoms with van der Waals surface area (Å²) < 4.78 is 0. The fourth-order valence-corrected chi connectivity index (χ4v) is 4.19. The van der Waals surface area contributed by atoms with Gasteiger partial charge < -0.3 is 16.0 Å². The summed E-state index contributed by atoms with van der Waals surface area (Å²) >= 11 is 0.